The third kappa shape index (κ3) is 6.98. The summed E-state index contributed by atoms with van der Waals surface area (Å²) in [5.41, 5.74) is 0.500. The van der Waals surface area contributed by atoms with E-state index < -0.39 is 17.7 Å². The summed E-state index contributed by atoms with van der Waals surface area (Å²) in [7, 11) is 0. The third-order valence-electron chi connectivity index (χ3n) is 6.36. The number of alkyl carbamates (subject to hydrolysis) is 1. The highest BCUT2D eigenvalue weighted by Crippen LogP contribution is 2.43. The first-order valence-electron chi connectivity index (χ1n) is 11.6. The van der Waals surface area contributed by atoms with Gasteiger partial charge < -0.3 is 14.8 Å². The first-order valence-corrected chi connectivity index (χ1v) is 11.6. The van der Waals surface area contributed by atoms with Crippen molar-refractivity contribution in [3.63, 3.8) is 0 Å². The van der Waals surface area contributed by atoms with Crippen LogP contribution in [0.15, 0.2) is 30.3 Å². The average Bonchev–Trinajstić information content (AvgIpc) is 2.65. The van der Waals surface area contributed by atoms with Crippen molar-refractivity contribution < 1.29 is 19.1 Å². The van der Waals surface area contributed by atoms with Crippen LogP contribution >= 0.6 is 0 Å². The molecule has 1 aromatic rings. The van der Waals surface area contributed by atoms with Crippen molar-refractivity contribution in [1.29, 1.82) is 0 Å². The first kappa shape index (κ1) is 25.2. The smallest absolute Gasteiger partial charge is 0.408 e. The molecular weight excluding hydrogens is 390 g/mol. The lowest BCUT2D eigenvalue weighted by molar-refractivity contribution is -0.160. The zero-order valence-corrected chi connectivity index (χ0v) is 20.5. The van der Waals surface area contributed by atoms with Gasteiger partial charge in [-0.1, -0.05) is 71.4 Å². The molecule has 0 saturated heterocycles. The second-order valence-corrected chi connectivity index (χ2v) is 11.0. The molecule has 0 unspecified atom stereocenters. The van der Waals surface area contributed by atoms with Crippen LogP contribution in [0.3, 0.4) is 0 Å². The van der Waals surface area contributed by atoms with Crippen LogP contribution in [0, 0.1) is 17.8 Å². The molecule has 1 aliphatic carbocycles. The maximum absolute atomic E-state index is 13.2. The molecule has 31 heavy (non-hydrogen) atoms. The molecule has 1 fully saturated rings. The van der Waals surface area contributed by atoms with Crippen molar-refractivity contribution in [2.75, 3.05) is 0 Å². The Hall–Kier alpha value is -2.04. The van der Waals surface area contributed by atoms with Gasteiger partial charge in [0, 0.05) is 5.92 Å². The molecular formula is C26H41NO4. The van der Waals surface area contributed by atoms with Gasteiger partial charge in [-0.15, -0.1) is 0 Å². The van der Waals surface area contributed by atoms with Gasteiger partial charge in [-0.2, -0.15) is 0 Å². The van der Waals surface area contributed by atoms with Gasteiger partial charge >= 0.3 is 12.1 Å². The predicted molar refractivity (Wildman–Crippen MR) is 124 cm³/mol. The summed E-state index contributed by atoms with van der Waals surface area (Å²) in [5, 5.41) is 2.72. The van der Waals surface area contributed by atoms with E-state index in [1.165, 1.54) is 5.56 Å². The maximum atomic E-state index is 13.2. The molecule has 5 heteroatoms. The van der Waals surface area contributed by atoms with E-state index in [0.29, 0.717) is 5.92 Å². The molecule has 2 rings (SSSR count). The normalized spacial score (nSPS) is 23.2. The van der Waals surface area contributed by atoms with Crippen LogP contribution in [-0.4, -0.2) is 29.8 Å². The summed E-state index contributed by atoms with van der Waals surface area (Å²) >= 11 is 0. The maximum Gasteiger partial charge on any atom is 0.408 e. The van der Waals surface area contributed by atoms with E-state index in [-0.39, 0.29) is 29.3 Å². The Kier molecular flexibility index (Phi) is 8.18. The molecule has 0 heterocycles. The van der Waals surface area contributed by atoms with Crippen molar-refractivity contribution in [2.45, 2.75) is 97.8 Å². The van der Waals surface area contributed by atoms with Gasteiger partial charge in [-0.05, 0) is 56.4 Å². The van der Waals surface area contributed by atoms with Crippen molar-refractivity contribution in [2.24, 2.45) is 17.8 Å². The van der Waals surface area contributed by atoms with Crippen LogP contribution in [-0.2, 0) is 19.7 Å². The molecule has 174 valence electrons. The Morgan fingerprint density at radius 3 is 2.19 bits per heavy atom. The molecule has 0 aliphatic heterocycles. The molecule has 1 aromatic carbocycles. The quantitative estimate of drug-likeness (QED) is 0.573. The number of hydrogen-bond donors (Lipinski definition) is 1. The van der Waals surface area contributed by atoms with Crippen molar-refractivity contribution in [3.8, 4) is 0 Å². The van der Waals surface area contributed by atoms with E-state index in [2.05, 4.69) is 50.4 Å². The van der Waals surface area contributed by atoms with Crippen LogP contribution in [0.1, 0.15) is 80.2 Å². The fourth-order valence-electron chi connectivity index (χ4n) is 4.52. The fraction of sp³-hybridized carbons (Fsp3) is 0.692. The summed E-state index contributed by atoms with van der Waals surface area (Å²) < 4.78 is 11.5. The van der Waals surface area contributed by atoms with Gasteiger partial charge in [0.2, 0.25) is 0 Å². The monoisotopic (exact) mass is 431 g/mol. The summed E-state index contributed by atoms with van der Waals surface area (Å²) in [4.78, 5) is 25.5. The highest BCUT2D eigenvalue weighted by Gasteiger charge is 2.43. The van der Waals surface area contributed by atoms with E-state index in [9.17, 15) is 9.59 Å². The highest BCUT2D eigenvalue weighted by molar-refractivity contribution is 5.81. The minimum Gasteiger partial charge on any atom is -0.461 e. The summed E-state index contributed by atoms with van der Waals surface area (Å²) in [6, 6.07) is 9.70. The zero-order valence-electron chi connectivity index (χ0n) is 20.5. The van der Waals surface area contributed by atoms with Crippen LogP contribution in [0.25, 0.3) is 0 Å². The standard InChI is InChI=1S/C26H41NO4/c1-17(2)22(27-24(29)31-25(4,5)6)23(28)30-21-16-18(3)14-15-20(21)26(7,8)19-12-10-9-11-13-19/h9-13,17-18,20-22H,14-16H2,1-8H3,(H,27,29)/t18-,20-,21-,22+/m1/s1. The number of carbonyl (C=O) groups excluding carboxylic acids is 2. The zero-order chi connectivity index (χ0) is 23.4. The topological polar surface area (TPSA) is 64.6 Å². The van der Waals surface area contributed by atoms with Crippen LogP contribution in [0.5, 0.6) is 0 Å². The van der Waals surface area contributed by atoms with Gasteiger partial charge in [0.05, 0.1) is 0 Å². The number of benzene rings is 1. The van der Waals surface area contributed by atoms with E-state index in [4.69, 9.17) is 9.47 Å². The number of ether oxygens (including phenoxy) is 2. The fourth-order valence-corrected chi connectivity index (χ4v) is 4.52. The Morgan fingerprint density at radius 1 is 1.03 bits per heavy atom. The van der Waals surface area contributed by atoms with Crippen LogP contribution < -0.4 is 5.32 Å². The third-order valence-corrected chi connectivity index (χ3v) is 6.36. The lowest BCUT2D eigenvalue weighted by Crippen LogP contribution is -2.50. The first-order chi connectivity index (χ1) is 14.3. The SMILES string of the molecule is CC(C)[C@H](NC(=O)OC(C)(C)C)C(=O)O[C@@H]1C[C@H](C)CC[C@H]1C(C)(C)c1ccccc1. The van der Waals surface area contributed by atoms with Crippen molar-refractivity contribution in [3.05, 3.63) is 35.9 Å². The van der Waals surface area contributed by atoms with Gasteiger partial charge in [0.1, 0.15) is 17.7 Å². The molecule has 0 bridgehead atoms. The minimum atomic E-state index is -0.743. The van der Waals surface area contributed by atoms with E-state index in [1.807, 2.05) is 19.9 Å². The second-order valence-electron chi connectivity index (χ2n) is 11.0. The number of amides is 1. The minimum absolute atomic E-state index is 0.110. The number of nitrogens with one attached hydrogen (secondary N) is 1. The predicted octanol–water partition coefficient (Wildman–Crippen LogP) is 5.86. The molecule has 1 amide bonds. The van der Waals surface area contributed by atoms with E-state index in [0.717, 1.165) is 19.3 Å². The van der Waals surface area contributed by atoms with Crippen LogP contribution in [0.4, 0.5) is 4.79 Å². The molecule has 0 aromatic heterocycles. The largest absolute Gasteiger partial charge is 0.461 e. The number of esters is 1. The Bertz CT molecular complexity index is 736. The van der Waals surface area contributed by atoms with Gasteiger partial charge in [0.25, 0.3) is 0 Å². The molecule has 1 aliphatic rings. The van der Waals surface area contributed by atoms with Gasteiger partial charge in [-0.3, -0.25) is 0 Å². The number of hydrogen-bond acceptors (Lipinski definition) is 4. The molecule has 4 atom stereocenters. The van der Waals surface area contributed by atoms with Crippen LogP contribution in [0.2, 0.25) is 0 Å². The Morgan fingerprint density at radius 2 is 1.65 bits per heavy atom. The second kappa shape index (κ2) is 10.1. The Balaban J connectivity index is 2.18. The molecule has 1 N–H and O–H groups in total. The summed E-state index contributed by atoms with van der Waals surface area (Å²) in [6.45, 7) is 15.9. The molecule has 0 radical (unpaired) electrons. The van der Waals surface area contributed by atoms with Crippen molar-refractivity contribution >= 4 is 12.1 Å². The highest BCUT2D eigenvalue weighted by atomic mass is 16.6. The van der Waals surface area contributed by atoms with E-state index in [1.54, 1.807) is 20.8 Å². The lowest BCUT2D eigenvalue weighted by atomic mass is 9.64. The van der Waals surface area contributed by atoms with Gasteiger partial charge in [0.15, 0.2) is 0 Å². The molecule has 1 saturated carbocycles. The van der Waals surface area contributed by atoms with Crippen molar-refractivity contribution in [1.82, 2.24) is 5.32 Å². The van der Waals surface area contributed by atoms with Gasteiger partial charge in [-0.25, -0.2) is 9.59 Å². The number of carbonyl (C=O) groups is 2. The lowest BCUT2D eigenvalue weighted by Gasteiger charge is -2.44. The molecule has 0 spiro atoms. The number of rotatable bonds is 6. The Labute approximate surface area is 188 Å². The summed E-state index contributed by atoms with van der Waals surface area (Å²) in [6.07, 6.45) is 2.18. The molecule has 5 nitrogen and oxygen atoms in total. The average molecular weight is 432 g/mol. The van der Waals surface area contributed by atoms with E-state index >= 15 is 0 Å². The summed E-state index contributed by atoms with van der Waals surface area (Å²) in [5.74, 6) is 0.219.